The Hall–Kier alpha value is -2.57. The minimum Gasteiger partial charge on any atom is -0.484 e. The largest absolute Gasteiger partial charge is 0.484 e. The first-order valence-corrected chi connectivity index (χ1v) is 10.2. The number of para-hydroxylation sites is 1. The Morgan fingerprint density at radius 1 is 1.00 bits per heavy atom. The number of rotatable bonds is 9. The zero-order chi connectivity index (χ0) is 20.5. The van der Waals surface area contributed by atoms with Gasteiger partial charge in [0.25, 0.3) is 5.91 Å². The van der Waals surface area contributed by atoms with Gasteiger partial charge in [-0.25, -0.2) is 0 Å². The van der Waals surface area contributed by atoms with Crippen LogP contribution < -0.4 is 14.8 Å². The molecule has 1 saturated heterocycles. The number of carbonyl (C=O) groups is 1. The maximum Gasteiger partial charge on any atom is 0.257 e. The summed E-state index contributed by atoms with van der Waals surface area (Å²) in [6.07, 6.45) is 1.45. The van der Waals surface area contributed by atoms with Crippen LogP contribution in [-0.4, -0.2) is 55.8 Å². The highest BCUT2D eigenvalue weighted by Gasteiger charge is 2.21. The molecule has 0 radical (unpaired) electrons. The normalized spacial score (nSPS) is 19.5. The van der Waals surface area contributed by atoms with E-state index in [1.165, 1.54) is 0 Å². The van der Waals surface area contributed by atoms with E-state index in [0.29, 0.717) is 12.3 Å². The molecule has 0 saturated carbocycles. The van der Waals surface area contributed by atoms with E-state index in [0.717, 1.165) is 37.6 Å². The number of nitrogens with zero attached hydrogens (tertiary/aromatic N) is 1. The first-order valence-electron chi connectivity index (χ1n) is 10.2. The first-order chi connectivity index (χ1) is 14.1. The van der Waals surface area contributed by atoms with E-state index in [9.17, 15) is 4.79 Å². The fourth-order valence-electron chi connectivity index (χ4n) is 3.43. The zero-order valence-corrected chi connectivity index (χ0v) is 17.2. The highest BCUT2D eigenvalue weighted by Crippen LogP contribution is 2.23. The van der Waals surface area contributed by atoms with Gasteiger partial charge in [-0.1, -0.05) is 18.2 Å². The molecule has 1 amide bonds. The molecule has 6 nitrogen and oxygen atoms in total. The van der Waals surface area contributed by atoms with Gasteiger partial charge in [0.15, 0.2) is 6.61 Å². The molecule has 6 heteroatoms. The molecule has 0 aliphatic carbocycles. The molecule has 1 heterocycles. The summed E-state index contributed by atoms with van der Waals surface area (Å²) in [5.74, 6) is 2.02. The van der Waals surface area contributed by atoms with Crippen molar-refractivity contribution >= 4 is 5.91 Å². The summed E-state index contributed by atoms with van der Waals surface area (Å²) in [6, 6.07) is 16.8. The molecule has 0 bridgehead atoms. The summed E-state index contributed by atoms with van der Waals surface area (Å²) in [6.45, 7) is 7.71. The van der Waals surface area contributed by atoms with Crippen molar-refractivity contribution in [3.8, 4) is 17.2 Å². The van der Waals surface area contributed by atoms with E-state index >= 15 is 0 Å². The van der Waals surface area contributed by atoms with Crippen molar-refractivity contribution in [2.45, 2.75) is 32.5 Å². The Morgan fingerprint density at radius 2 is 1.62 bits per heavy atom. The Labute approximate surface area is 172 Å². The van der Waals surface area contributed by atoms with Crippen LogP contribution in [0.3, 0.4) is 0 Å². The van der Waals surface area contributed by atoms with Crippen LogP contribution in [0.15, 0.2) is 54.6 Å². The monoisotopic (exact) mass is 398 g/mol. The van der Waals surface area contributed by atoms with Crippen LogP contribution in [0, 0.1) is 0 Å². The standard InChI is InChI=1S/C23H30N2O4/c1-18-15-25(16-19(2)28-18)14-6-13-24-23(26)17-27-20-9-11-22(12-10-20)29-21-7-4-3-5-8-21/h3-5,7-12,18-19H,6,13-17H2,1-2H3,(H,24,26). The molecule has 2 aromatic carbocycles. The highest BCUT2D eigenvalue weighted by molar-refractivity contribution is 5.77. The Bertz CT molecular complexity index is 741. The lowest BCUT2D eigenvalue weighted by Gasteiger charge is -2.35. The average Bonchev–Trinajstić information content (AvgIpc) is 2.71. The lowest BCUT2D eigenvalue weighted by molar-refractivity contribution is -0.123. The minimum atomic E-state index is -0.113. The van der Waals surface area contributed by atoms with Crippen molar-refractivity contribution in [2.75, 3.05) is 32.8 Å². The number of morpholine rings is 1. The van der Waals surface area contributed by atoms with Crippen LogP contribution in [0.25, 0.3) is 0 Å². The van der Waals surface area contributed by atoms with Crippen LogP contribution in [-0.2, 0) is 9.53 Å². The van der Waals surface area contributed by atoms with Gasteiger partial charge in [0.2, 0.25) is 0 Å². The van der Waals surface area contributed by atoms with Crippen molar-refractivity contribution < 1.29 is 19.0 Å². The molecule has 1 N–H and O–H groups in total. The lowest BCUT2D eigenvalue weighted by Crippen LogP contribution is -2.46. The lowest BCUT2D eigenvalue weighted by atomic mass is 10.2. The predicted octanol–water partition coefficient (Wildman–Crippen LogP) is 3.47. The molecule has 1 aliphatic rings. The van der Waals surface area contributed by atoms with Gasteiger partial charge in [-0.15, -0.1) is 0 Å². The van der Waals surface area contributed by atoms with E-state index in [1.807, 2.05) is 42.5 Å². The SMILES string of the molecule is CC1CN(CCCNC(=O)COc2ccc(Oc3ccccc3)cc2)CC(C)O1. The molecule has 2 atom stereocenters. The van der Waals surface area contributed by atoms with Gasteiger partial charge < -0.3 is 19.5 Å². The van der Waals surface area contributed by atoms with Gasteiger partial charge in [-0.3, -0.25) is 9.69 Å². The Kier molecular flexibility index (Phi) is 7.90. The first kappa shape index (κ1) is 21.1. The summed E-state index contributed by atoms with van der Waals surface area (Å²) in [5, 5.41) is 2.91. The van der Waals surface area contributed by atoms with Crippen molar-refractivity contribution in [3.63, 3.8) is 0 Å². The van der Waals surface area contributed by atoms with Gasteiger partial charge in [0, 0.05) is 26.2 Å². The number of nitrogens with one attached hydrogen (secondary N) is 1. The van der Waals surface area contributed by atoms with Gasteiger partial charge in [-0.05, 0) is 56.7 Å². The van der Waals surface area contributed by atoms with Crippen LogP contribution in [0.1, 0.15) is 20.3 Å². The van der Waals surface area contributed by atoms with Gasteiger partial charge in [-0.2, -0.15) is 0 Å². The number of ether oxygens (including phenoxy) is 3. The van der Waals surface area contributed by atoms with Crippen molar-refractivity contribution in [2.24, 2.45) is 0 Å². The zero-order valence-electron chi connectivity index (χ0n) is 17.2. The number of hydrogen-bond acceptors (Lipinski definition) is 5. The molecule has 1 aliphatic heterocycles. The molecular formula is C23H30N2O4. The molecule has 2 unspecified atom stereocenters. The van der Waals surface area contributed by atoms with Gasteiger partial charge in [0.05, 0.1) is 12.2 Å². The summed E-state index contributed by atoms with van der Waals surface area (Å²) < 4.78 is 17.0. The number of benzene rings is 2. The average molecular weight is 399 g/mol. The number of hydrogen-bond donors (Lipinski definition) is 1. The predicted molar refractivity (Wildman–Crippen MR) is 113 cm³/mol. The van der Waals surface area contributed by atoms with Crippen molar-refractivity contribution in [1.82, 2.24) is 10.2 Å². The van der Waals surface area contributed by atoms with Crippen LogP contribution in [0.5, 0.6) is 17.2 Å². The van der Waals surface area contributed by atoms with Crippen LogP contribution in [0.4, 0.5) is 0 Å². The third-order valence-corrected chi connectivity index (χ3v) is 4.64. The highest BCUT2D eigenvalue weighted by atomic mass is 16.5. The molecular weight excluding hydrogens is 368 g/mol. The van der Waals surface area contributed by atoms with Gasteiger partial charge >= 0.3 is 0 Å². The molecule has 2 aromatic rings. The second-order valence-electron chi connectivity index (χ2n) is 7.40. The molecule has 3 rings (SSSR count). The fourth-order valence-corrected chi connectivity index (χ4v) is 3.43. The maximum atomic E-state index is 12.0. The molecule has 1 fully saturated rings. The van der Waals surface area contributed by atoms with E-state index in [1.54, 1.807) is 12.1 Å². The number of amides is 1. The van der Waals surface area contributed by atoms with Gasteiger partial charge in [0.1, 0.15) is 17.2 Å². The third kappa shape index (κ3) is 7.40. The minimum absolute atomic E-state index is 0.00448. The molecule has 0 spiro atoms. The maximum absolute atomic E-state index is 12.0. The van der Waals surface area contributed by atoms with E-state index in [-0.39, 0.29) is 24.7 Å². The molecule has 0 aromatic heterocycles. The Balaban J connectivity index is 1.31. The number of carbonyl (C=O) groups excluding carboxylic acids is 1. The third-order valence-electron chi connectivity index (χ3n) is 4.64. The summed E-state index contributed by atoms with van der Waals surface area (Å²) in [7, 11) is 0. The summed E-state index contributed by atoms with van der Waals surface area (Å²) in [5.41, 5.74) is 0. The van der Waals surface area contributed by atoms with E-state index < -0.39 is 0 Å². The van der Waals surface area contributed by atoms with Crippen molar-refractivity contribution in [1.29, 1.82) is 0 Å². The second-order valence-corrected chi connectivity index (χ2v) is 7.40. The van der Waals surface area contributed by atoms with E-state index in [2.05, 4.69) is 24.1 Å². The quantitative estimate of drug-likeness (QED) is 0.656. The van der Waals surface area contributed by atoms with Crippen LogP contribution >= 0.6 is 0 Å². The van der Waals surface area contributed by atoms with Crippen LogP contribution in [0.2, 0.25) is 0 Å². The smallest absolute Gasteiger partial charge is 0.257 e. The topological polar surface area (TPSA) is 60.0 Å². The summed E-state index contributed by atoms with van der Waals surface area (Å²) >= 11 is 0. The van der Waals surface area contributed by atoms with Crippen molar-refractivity contribution in [3.05, 3.63) is 54.6 Å². The Morgan fingerprint density at radius 3 is 2.31 bits per heavy atom. The fraction of sp³-hybridized carbons (Fsp3) is 0.435. The second kappa shape index (κ2) is 10.8. The molecule has 29 heavy (non-hydrogen) atoms. The summed E-state index contributed by atoms with van der Waals surface area (Å²) in [4.78, 5) is 14.4. The molecule has 156 valence electrons. The van der Waals surface area contributed by atoms with E-state index in [4.69, 9.17) is 14.2 Å².